The lowest BCUT2D eigenvalue weighted by Crippen LogP contribution is -2.47. The third-order valence-corrected chi connectivity index (χ3v) is 6.43. The summed E-state index contributed by atoms with van der Waals surface area (Å²) in [5.41, 5.74) is 0.0841. The Labute approximate surface area is 191 Å². The molecule has 6 rings (SSSR count). The number of halogens is 3. The molecule has 2 aliphatic heterocycles. The molecule has 5 heterocycles. The van der Waals surface area contributed by atoms with Gasteiger partial charge in [-0.3, -0.25) is 9.20 Å². The van der Waals surface area contributed by atoms with E-state index in [1.54, 1.807) is 11.0 Å². The standard InChI is InChI=1S/C24H18F3N5O2/c25-24(26,27)16-13-28-21-20(29-16)23(14-34-21)10-6-12-32(23)22(33)18-19(15-7-2-1-3-8-15)31-11-5-4-9-17(31)30-18/h1-5,7-9,11,13H,6,10,12,14H2/t23-/m0/s1. The Bertz CT molecular complexity index is 1420. The van der Waals surface area contributed by atoms with Gasteiger partial charge in [0.15, 0.2) is 11.4 Å². The van der Waals surface area contributed by atoms with Crippen LogP contribution < -0.4 is 4.74 Å². The van der Waals surface area contributed by atoms with Gasteiger partial charge >= 0.3 is 6.18 Å². The minimum absolute atomic E-state index is 0.00340. The van der Waals surface area contributed by atoms with E-state index < -0.39 is 17.4 Å². The molecule has 10 heteroatoms. The number of carbonyl (C=O) groups is 1. The highest BCUT2D eigenvalue weighted by molar-refractivity contribution is 6.00. The molecule has 7 nitrogen and oxygen atoms in total. The van der Waals surface area contributed by atoms with Crippen molar-refractivity contribution < 1.29 is 22.7 Å². The lowest BCUT2D eigenvalue weighted by Gasteiger charge is -2.32. The van der Waals surface area contributed by atoms with Gasteiger partial charge in [0, 0.05) is 18.3 Å². The molecule has 0 saturated carbocycles. The highest BCUT2D eigenvalue weighted by Crippen LogP contribution is 2.47. The molecule has 1 fully saturated rings. The second-order valence-electron chi connectivity index (χ2n) is 8.39. The van der Waals surface area contributed by atoms with Crippen LogP contribution in [0.5, 0.6) is 5.88 Å². The van der Waals surface area contributed by atoms with Crippen molar-refractivity contribution in [1.82, 2.24) is 24.3 Å². The summed E-state index contributed by atoms with van der Waals surface area (Å²) >= 11 is 0. The first-order chi connectivity index (χ1) is 16.4. The van der Waals surface area contributed by atoms with Crippen LogP contribution in [0.15, 0.2) is 60.9 Å². The molecule has 0 unspecified atom stereocenters. The van der Waals surface area contributed by atoms with Gasteiger partial charge < -0.3 is 9.64 Å². The average Bonchev–Trinajstić information content (AvgIpc) is 3.54. The molecule has 34 heavy (non-hydrogen) atoms. The normalized spacial score (nSPS) is 19.6. The van der Waals surface area contributed by atoms with Crippen LogP contribution in [0, 0.1) is 0 Å². The minimum Gasteiger partial charge on any atom is -0.473 e. The molecule has 0 radical (unpaired) electrons. The zero-order valence-corrected chi connectivity index (χ0v) is 17.8. The monoisotopic (exact) mass is 465 g/mol. The van der Waals surface area contributed by atoms with Gasteiger partial charge in [-0.05, 0) is 25.0 Å². The van der Waals surface area contributed by atoms with Gasteiger partial charge in [0.1, 0.15) is 23.5 Å². The number of aromatic nitrogens is 4. The molecule has 3 aromatic heterocycles. The highest BCUT2D eigenvalue weighted by atomic mass is 19.4. The molecule has 1 atom stereocenters. The SMILES string of the molecule is O=C(c1nc2ccccn2c1-c1ccccc1)N1CCC[C@@]12COc1ncc(C(F)(F)F)nc12. The molecule has 1 spiro atoms. The molecule has 172 valence electrons. The van der Waals surface area contributed by atoms with E-state index in [2.05, 4.69) is 15.0 Å². The summed E-state index contributed by atoms with van der Waals surface area (Å²) < 4.78 is 47.6. The van der Waals surface area contributed by atoms with Crippen molar-refractivity contribution in [1.29, 1.82) is 0 Å². The molecule has 0 N–H and O–H groups in total. The van der Waals surface area contributed by atoms with E-state index in [1.807, 2.05) is 53.1 Å². The van der Waals surface area contributed by atoms with Crippen LogP contribution in [0.2, 0.25) is 0 Å². The summed E-state index contributed by atoms with van der Waals surface area (Å²) in [4.78, 5) is 27.9. The number of pyridine rings is 1. The fourth-order valence-corrected chi connectivity index (χ4v) is 4.89. The van der Waals surface area contributed by atoms with E-state index in [-0.39, 0.29) is 29.8 Å². The number of alkyl halides is 3. The van der Waals surface area contributed by atoms with Gasteiger partial charge in [-0.25, -0.2) is 15.0 Å². The predicted octanol–water partition coefficient (Wildman–Crippen LogP) is 4.33. The number of hydrogen-bond donors (Lipinski definition) is 0. The Balaban J connectivity index is 1.49. The summed E-state index contributed by atoms with van der Waals surface area (Å²) in [6, 6.07) is 14.9. The maximum Gasteiger partial charge on any atom is 0.434 e. The predicted molar refractivity (Wildman–Crippen MR) is 115 cm³/mol. The molecule has 1 saturated heterocycles. The molecule has 1 aromatic carbocycles. The Morgan fingerprint density at radius 2 is 1.85 bits per heavy atom. The van der Waals surface area contributed by atoms with Gasteiger partial charge in [0.05, 0.1) is 11.9 Å². The van der Waals surface area contributed by atoms with Gasteiger partial charge in [0.2, 0.25) is 5.88 Å². The van der Waals surface area contributed by atoms with Crippen molar-refractivity contribution in [3.63, 3.8) is 0 Å². The summed E-state index contributed by atoms with van der Waals surface area (Å²) in [5.74, 6) is -0.346. The Hall–Kier alpha value is -3.95. The van der Waals surface area contributed by atoms with Crippen LogP contribution >= 0.6 is 0 Å². The van der Waals surface area contributed by atoms with E-state index in [0.717, 1.165) is 5.56 Å². The van der Waals surface area contributed by atoms with Crippen molar-refractivity contribution in [2.24, 2.45) is 0 Å². The van der Waals surface area contributed by atoms with Crippen LogP contribution in [-0.4, -0.2) is 43.3 Å². The fourth-order valence-electron chi connectivity index (χ4n) is 4.89. The van der Waals surface area contributed by atoms with E-state index >= 15 is 0 Å². The quantitative estimate of drug-likeness (QED) is 0.441. The smallest absolute Gasteiger partial charge is 0.434 e. The number of benzene rings is 1. The maximum absolute atomic E-state index is 14.0. The van der Waals surface area contributed by atoms with Crippen molar-refractivity contribution in [3.8, 4) is 17.1 Å². The Kier molecular flexibility index (Phi) is 4.42. The third-order valence-electron chi connectivity index (χ3n) is 6.43. The lowest BCUT2D eigenvalue weighted by molar-refractivity contribution is -0.141. The van der Waals surface area contributed by atoms with Crippen molar-refractivity contribution >= 4 is 11.6 Å². The van der Waals surface area contributed by atoms with E-state index in [1.165, 1.54) is 0 Å². The number of rotatable bonds is 2. The summed E-state index contributed by atoms with van der Waals surface area (Å²) in [7, 11) is 0. The number of carbonyl (C=O) groups excluding carboxylic acids is 1. The highest BCUT2D eigenvalue weighted by Gasteiger charge is 2.54. The van der Waals surface area contributed by atoms with Crippen LogP contribution in [0.1, 0.15) is 34.7 Å². The summed E-state index contributed by atoms with van der Waals surface area (Å²) in [5, 5.41) is 0. The van der Waals surface area contributed by atoms with Crippen molar-refractivity contribution in [2.75, 3.05) is 13.2 Å². The van der Waals surface area contributed by atoms with Crippen LogP contribution in [0.4, 0.5) is 13.2 Å². The molecule has 0 aliphatic carbocycles. The molecular formula is C24H18F3N5O2. The first-order valence-electron chi connectivity index (χ1n) is 10.8. The van der Waals surface area contributed by atoms with Gasteiger partial charge in [-0.2, -0.15) is 13.2 Å². The minimum atomic E-state index is -4.65. The lowest BCUT2D eigenvalue weighted by atomic mass is 9.93. The van der Waals surface area contributed by atoms with Gasteiger partial charge in [-0.1, -0.05) is 36.4 Å². The molecule has 1 amide bonds. The van der Waals surface area contributed by atoms with E-state index in [0.29, 0.717) is 36.9 Å². The fraction of sp³-hybridized carbons (Fsp3) is 0.250. The molecule has 0 bridgehead atoms. The summed E-state index contributed by atoms with van der Waals surface area (Å²) in [6.07, 6.45) is -1.14. The van der Waals surface area contributed by atoms with Crippen LogP contribution in [0.3, 0.4) is 0 Å². The number of hydrogen-bond acceptors (Lipinski definition) is 5. The van der Waals surface area contributed by atoms with Crippen LogP contribution in [-0.2, 0) is 11.7 Å². The molecule has 2 aliphatic rings. The van der Waals surface area contributed by atoms with Crippen LogP contribution in [0.25, 0.3) is 16.9 Å². The van der Waals surface area contributed by atoms with Gasteiger partial charge in [-0.15, -0.1) is 0 Å². The maximum atomic E-state index is 14.0. The number of fused-ring (bicyclic) bond motifs is 3. The third kappa shape index (κ3) is 2.98. The zero-order valence-electron chi connectivity index (χ0n) is 17.8. The van der Waals surface area contributed by atoms with Gasteiger partial charge in [0.25, 0.3) is 5.91 Å². The average molecular weight is 465 g/mol. The Morgan fingerprint density at radius 1 is 1.06 bits per heavy atom. The Morgan fingerprint density at radius 3 is 2.65 bits per heavy atom. The second kappa shape index (κ2) is 7.28. The van der Waals surface area contributed by atoms with E-state index in [4.69, 9.17) is 4.74 Å². The summed E-state index contributed by atoms with van der Waals surface area (Å²) in [6.45, 7) is 0.352. The molecule has 4 aromatic rings. The number of amides is 1. The second-order valence-corrected chi connectivity index (χ2v) is 8.39. The number of ether oxygens (including phenoxy) is 1. The largest absolute Gasteiger partial charge is 0.473 e. The number of likely N-dealkylation sites (tertiary alicyclic amines) is 1. The van der Waals surface area contributed by atoms with Crippen molar-refractivity contribution in [2.45, 2.75) is 24.6 Å². The first-order valence-corrected chi connectivity index (χ1v) is 10.8. The topological polar surface area (TPSA) is 72.6 Å². The zero-order chi connectivity index (χ0) is 23.5. The first kappa shape index (κ1) is 20.6. The van der Waals surface area contributed by atoms with Crippen molar-refractivity contribution in [3.05, 3.63) is 78.0 Å². The number of imidazole rings is 1. The number of nitrogens with zero attached hydrogens (tertiary/aromatic N) is 5. The molecular weight excluding hydrogens is 447 g/mol. The van der Waals surface area contributed by atoms with E-state index in [9.17, 15) is 18.0 Å².